The number of rotatable bonds is 9. The summed E-state index contributed by atoms with van der Waals surface area (Å²) in [7, 11) is 0. The summed E-state index contributed by atoms with van der Waals surface area (Å²) in [6.45, 7) is 3.33. The number of amides is 4. The topological polar surface area (TPSA) is 122 Å². The Morgan fingerprint density at radius 3 is 2.72 bits per heavy atom. The molecule has 156 valence electrons. The number of imide groups is 2. The number of hydrogen-bond donors (Lipinski definition) is 3. The fraction of sp³-hybridized carbons (Fsp3) is 0.524. The first-order valence-corrected chi connectivity index (χ1v) is 10.2. The molecular formula is C21H28N4O4. The van der Waals surface area contributed by atoms with Gasteiger partial charge in [0.1, 0.15) is 6.04 Å². The van der Waals surface area contributed by atoms with Crippen LogP contribution in [0.5, 0.6) is 0 Å². The zero-order valence-electron chi connectivity index (χ0n) is 16.7. The average molecular weight is 400 g/mol. The molecule has 0 aliphatic carbocycles. The van der Waals surface area contributed by atoms with Gasteiger partial charge in [-0.3, -0.25) is 29.4 Å². The smallest absolute Gasteiger partial charge is 0.262 e. The first-order chi connectivity index (χ1) is 13.9. The normalized spacial score (nSPS) is 20.1. The maximum Gasteiger partial charge on any atom is 0.262 e. The van der Waals surface area contributed by atoms with Gasteiger partial charge in [-0.2, -0.15) is 0 Å². The van der Waals surface area contributed by atoms with E-state index in [0.717, 1.165) is 42.7 Å². The van der Waals surface area contributed by atoms with Crippen LogP contribution in [0, 0.1) is 0 Å². The highest BCUT2D eigenvalue weighted by Gasteiger charge is 2.45. The molecule has 0 bridgehead atoms. The second-order valence-corrected chi connectivity index (χ2v) is 7.65. The van der Waals surface area contributed by atoms with E-state index in [1.807, 2.05) is 6.07 Å². The summed E-state index contributed by atoms with van der Waals surface area (Å²) in [6, 6.07) is 4.43. The molecular weight excluding hydrogens is 372 g/mol. The first kappa shape index (κ1) is 21.1. The Morgan fingerprint density at radius 2 is 2.00 bits per heavy atom. The Kier molecular flexibility index (Phi) is 6.76. The monoisotopic (exact) mass is 400 g/mol. The van der Waals surface area contributed by atoms with Crippen molar-refractivity contribution in [2.45, 2.75) is 64.1 Å². The lowest BCUT2D eigenvalue weighted by Gasteiger charge is -2.27. The van der Waals surface area contributed by atoms with Crippen molar-refractivity contribution in [1.29, 1.82) is 0 Å². The van der Waals surface area contributed by atoms with Gasteiger partial charge in [0.2, 0.25) is 11.8 Å². The van der Waals surface area contributed by atoms with Crippen LogP contribution in [0.4, 0.5) is 0 Å². The standard InChI is InChI=1S/C21H28N4O4/c1-2-5-14(22)7-4-11-23-12-13-6-3-8-15-18(13)21(29)25(20(15)28)16-9-10-17(26)24-19(16)27/h3,6,8,14,16,23H,2,4-5,7,9-12,22H2,1H3,(H,24,26,27). The maximum atomic E-state index is 13.0. The number of benzene rings is 1. The lowest BCUT2D eigenvalue weighted by Crippen LogP contribution is -2.54. The van der Waals surface area contributed by atoms with Crippen molar-refractivity contribution < 1.29 is 19.2 Å². The van der Waals surface area contributed by atoms with Crippen molar-refractivity contribution in [1.82, 2.24) is 15.5 Å². The SMILES string of the molecule is CCCC(N)CCCNCc1cccc2c1C(=O)N(C1CCC(=O)NC1=O)C2=O. The Balaban J connectivity index is 1.65. The van der Waals surface area contributed by atoms with E-state index in [2.05, 4.69) is 17.6 Å². The van der Waals surface area contributed by atoms with Gasteiger partial charge >= 0.3 is 0 Å². The summed E-state index contributed by atoms with van der Waals surface area (Å²) in [5, 5.41) is 5.52. The van der Waals surface area contributed by atoms with Crippen LogP contribution in [0.3, 0.4) is 0 Å². The van der Waals surface area contributed by atoms with Gasteiger partial charge in [-0.1, -0.05) is 25.5 Å². The Labute approximate surface area is 170 Å². The quantitative estimate of drug-likeness (QED) is 0.421. The van der Waals surface area contributed by atoms with E-state index in [1.165, 1.54) is 0 Å². The number of nitrogens with two attached hydrogens (primary N) is 1. The third-order valence-electron chi connectivity index (χ3n) is 5.46. The van der Waals surface area contributed by atoms with Crippen LogP contribution in [0.25, 0.3) is 0 Å². The molecule has 8 nitrogen and oxygen atoms in total. The summed E-state index contributed by atoms with van der Waals surface area (Å²) >= 11 is 0. The third kappa shape index (κ3) is 4.54. The number of carbonyl (C=O) groups is 4. The number of piperidine rings is 1. The second-order valence-electron chi connectivity index (χ2n) is 7.65. The van der Waals surface area contributed by atoms with Gasteiger partial charge in [0, 0.05) is 19.0 Å². The van der Waals surface area contributed by atoms with E-state index in [0.29, 0.717) is 17.7 Å². The van der Waals surface area contributed by atoms with Crippen LogP contribution in [0.1, 0.15) is 71.7 Å². The summed E-state index contributed by atoms with van der Waals surface area (Å²) in [4.78, 5) is 50.4. The minimum atomic E-state index is -0.944. The molecule has 2 aliphatic heterocycles. The van der Waals surface area contributed by atoms with E-state index in [1.54, 1.807) is 12.1 Å². The Bertz CT molecular complexity index is 823. The lowest BCUT2D eigenvalue weighted by molar-refractivity contribution is -0.136. The van der Waals surface area contributed by atoms with Crippen molar-refractivity contribution >= 4 is 23.6 Å². The highest BCUT2D eigenvalue weighted by atomic mass is 16.2. The fourth-order valence-electron chi connectivity index (χ4n) is 3.96. The number of hydrogen-bond acceptors (Lipinski definition) is 6. The predicted molar refractivity (Wildman–Crippen MR) is 107 cm³/mol. The average Bonchev–Trinajstić information content (AvgIpc) is 2.93. The van der Waals surface area contributed by atoms with E-state index < -0.39 is 23.8 Å². The van der Waals surface area contributed by atoms with Crippen LogP contribution >= 0.6 is 0 Å². The highest BCUT2D eigenvalue weighted by molar-refractivity contribution is 6.24. The summed E-state index contributed by atoms with van der Waals surface area (Å²) in [6.07, 6.45) is 4.23. The molecule has 2 aliphatic rings. The zero-order valence-corrected chi connectivity index (χ0v) is 16.7. The van der Waals surface area contributed by atoms with Crippen LogP contribution in [-0.2, 0) is 16.1 Å². The molecule has 2 heterocycles. The minimum Gasteiger partial charge on any atom is -0.328 e. The molecule has 1 saturated heterocycles. The summed E-state index contributed by atoms with van der Waals surface area (Å²) in [5.41, 5.74) is 7.41. The zero-order chi connectivity index (χ0) is 21.0. The van der Waals surface area contributed by atoms with Crippen molar-refractivity contribution in [2.75, 3.05) is 6.54 Å². The van der Waals surface area contributed by atoms with Crippen molar-refractivity contribution in [2.24, 2.45) is 5.73 Å². The first-order valence-electron chi connectivity index (χ1n) is 10.2. The van der Waals surface area contributed by atoms with Gasteiger partial charge in [0.05, 0.1) is 11.1 Å². The van der Waals surface area contributed by atoms with E-state index >= 15 is 0 Å². The molecule has 0 radical (unpaired) electrons. The molecule has 2 atom stereocenters. The fourth-order valence-corrected chi connectivity index (χ4v) is 3.96. The van der Waals surface area contributed by atoms with Crippen molar-refractivity contribution in [3.05, 3.63) is 34.9 Å². The van der Waals surface area contributed by atoms with Gasteiger partial charge in [0.15, 0.2) is 0 Å². The van der Waals surface area contributed by atoms with Gasteiger partial charge in [0.25, 0.3) is 11.8 Å². The number of fused-ring (bicyclic) bond motifs is 1. The predicted octanol–water partition coefficient (Wildman–Crippen LogP) is 1.09. The summed E-state index contributed by atoms with van der Waals surface area (Å²) < 4.78 is 0. The summed E-state index contributed by atoms with van der Waals surface area (Å²) in [5.74, 6) is -1.93. The molecule has 4 amide bonds. The van der Waals surface area contributed by atoms with Crippen molar-refractivity contribution in [3.8, 4) is 0 Å². The molecule has 0 spiro atoms. The molecule has 2 unspecified atom stereocenters. The largest absolute Gasteiger partial charge is 0.328 e. The van der Waals surface area contributed by atoms with Gasteiger partial charge < -0.3 is 11.1 Å². The van der Waals surface area contributed by atoms with Crippen molar-refractivity contribution in [3.63, 3.8) is 0 Å². The lowest BCUT2D eigenvalue weighted by atomic mass is 10.0. The molecule has 29 heavy (non-hydrogen) atoms. The maximum absolute atomic E-state index is 13.0. The molecule has 1 fully saturated rings. The molecule has 3 rings (SSSR count). The second kappa shape index (κ2) is 9.28. The number of nitrogens with one attached hydrogen (secondary N) is 2. The number of carbonyl (C=O) groups excluding carboxylic acids is 4. The molecule has 0 aromatic heterocycles. The molecule has 8 heteroatoms. The van der Waals surface area contributed by atoms with Gasteiger partial charge in [-0.15, -0.1) is 0 Å². The van der Waals surface area contributed by atoms with Crippen LogP contribution in [-0.4, -0.2) is 47.2 Å². The molecule has 1 aromatic carbocycles. The highest BCUT2D eigenvalue weighted by Crippen LogP contribution is 2.29. The van der Waals surface area contributed by atoms with Crippen LogP contribution in [0.15, 0.2) is 18.2 Å². The Hall–Kier alpha value is -2.58. The van der Waals surface area contributed by atoms with Crippen LogP contribution < -0.4 is 16.4 Å². The molecule has 1 aromatic rings. The van der Waals surface area contributed by atoms with E-state index in [4.69, 9.17) is 5.73 Å². The Morgan fingerprint density at radius 1 is 1.21 bits per heavy atom. The van der Waals surface area contributed by atoms with Gasteiger partial charge in [-0.25, -0.2) is 0 Å². The third-order valence-corrected chi connectivity index (χ3v) is 5.46. The van der Waals surface area contributed by atoms with E-state index in [-0.39, 0.29) is 24.8 Å². The molecule has 4 N–H and O–H groups in total. The minimum absolute atomic E-state index is 0.110. The number of nitrogens with zero attached hydrogens (tertiary/aromatic N) is 1. The van der Waals surface area contributed by atoms with E-state index in [9.17, 15) is 19.2 Å². The van der Waals surface area contributed by atoms with Gasteiger partial charge in [-0.05, 0) is 43.9 Å². The van der Waals surface area contributed by atoms with Crippen LogP contribution in [0.2, 0.25) is 0 Å². The molecule has 0 saturated carbocycles.